The third-order valence-corrected chi connectivity index (χ3v) is 6.68. The Kier molecular flexibility index (Phi) is 7.89. The highest BCUT2D eigenvalue weighted by Gasteiger charge is 2.60. The van der Waals surface area contributed by atoms with Gasteiger partial charge in [0.25, 0.3) is 0 Å². The first kappa shape index (κ1) is 29.0. The zero-order valence-electron chi connectivity index (χ0n) is 21.2. The van der Waals surface area contributed by atoms with Crippen LogP contribution in [0.2, 0.25) is 0 Å². The lowest BCUT2D eigenvalue weighted by atomic mass is 9.94. The smallest absolute Gasteiger partial charge is 0.369 e. The molecule has 2 aromatic rings. The maximum Gasteiger partial charge on any atom is 0.413 e. The van der Waals surface area contributed by atoms with E-state index in [4.69, 9.17) is 11.5 Å². The molecule has 3 atom stereocenters. The summed E-state index contributed by atoms with van der Waals surface area (Å²) in [6.45, 7) is 3.83. The van der Waals surface area contributed by atoms with E-state index in [-0.39, 0.29) is 29.5 Å². The van der Waals surface area contributed by atoms with Crippen molar-refractivity contribution < 1.29 is 31.5 Å². The van der Waals surface area contributed by atoms with Crippen LogP contribution >= 0.6 is 0 Å². The number of halogens is 5. The van der Waals surface area contributed by atoms with Gasteiger partial charge in [-0.25, -0.2) is 8.78 Å². The summed E-state index contributed by atoms with van der Waals surface area (Å²) in [5, 5.41) is 9.67. The van der Waals surface area contributed by atoms with Crippen LogP contribution in [-0.2, 0) is 9.59 Å². The van der Waals surface area contributed by atoms with Gasteiger partial charge in [-0.05, 0) is 56.4 Å². The van der Waals surface area contributed by atoms with E-state index < -0.39 is 59.4 Å². The molecule has 1 saturated carbocycles. The van der Waals surface area contributed by atoms with Gasteiger partial charge in [0.15, 0.2) is 6.04 Å². The standard InChI is InChI=1S/C27H29F5N4O2/c1-15(23(35)37)18-8-9-19(20(28)12-18)16-4-6-17(7-5-16)22(27(30,31)32)36(26(14-33)10-11-26)24(38)21(34)13-25(2,3)29/h4-9,12,15,21-22H,10-11,13,34H2,1-3H3,(H2,35,37)/t15-,21+,22?/m1/s1. The van der Waals surface area contributed by atoms with Gasteiger partial charge in [-0.2, -0.15) is 18.4 Å². The lowest BCUT2D eigenvalue weighted by molar-refractivity contribution is -0.198. The van der Waals surface area contributed by atoms with Gasteiger partial charge in [0, 0.05) is 12.0 Å². The van der Waals surface area contributed by atoms with Crippen LogP contribution in [0.3, 0.4) is 0 Å². The van der Waals surface area contributed by atoms with Gasteiger partial charge in [-0.15, -0.1) is 0 Å². The fourth-order valence-corrected chi connectivity index (χ4v) is 4.43. The zero-order valence-corrected chi connectivity index (χ0v) is 21.2. The monoisotopic (exact) mass is 536 g/mol. The van der Waals surface area contributed by atoms with Crippen molar-refractivity contribution in [3.63, 3.8) is 0 Å². The second-order valence-electron chi connectivity index (χ2n) is 10.3. The van der Waals surface area contributed by atoms with Crippen molar-refractivity contribution in [3.05, 3.63) is 59.4 Å². The number of carbonyl (C=O) groups excluding carboxylic acids is 2. The fourth-order valence-electron chi connectivity index (χ4n) is 4.43. The number of benzene rings is 2. The molecule has 204 valence electrons. The van der Waals surface area contributed by atoms with E-state index >= 15 is 0 Å². The number of amides is 2. The summed E-state index contributed by atoms with van der Waals surface area (Å²) < 4.78 is 72.4. The number of nitriles is 1. The van der Waals surface area contributed by atoms with Gasteiger partial charge >= 0.3 is 6.18 Å². The van der Waals surface area contributed by atoms with Gasteiger partial charge in [0.1, 0.15) is 17.0 Å². The largest absolute Gasteiger partial charge is 0.413 e. The molecule has 0 bridgehead atoms. The Hall–Kier alpha value is -3.52. The molecule has 38 heavy (non-hydrogen) atoms. The topological polar surface area (TPSA) is 113 Å². The van der Waals surface area contributed by atoms with E-state index in [1.54, 1.807) is 0 Å². The Labute approximate surface area is 217 Å². The van der Waals surface area contributed by atoms with Crippen molar-refractivity contribution in [3.8, 4) is 17.2 Å². The third-order valence-electron chi connectivity index (χ3n) is 6.68. The fraction of sp³-hybridized carbons (Fsp3) is 0.444. The van der Waals surface area contributed by atoms with Crippen LogP contribution in [0.4, 0.5) is 22.0 Å². The summed E-state index contributed by atoms with van der Waals surface area (Å²) in [6, 6.07) is 6.45. The molecule has 1 unspecified atom stereocenters. The summed E-state index contributed by atoms with van der Waals surface area (Å²) in [5.74, 6) is -3.25. The highest BCUT2D eigenvalue weighted by Crippen LogP contribution is 2.50. The number of hydrogen-bond donors (Lipinski definition) is 2. The normalized spacial score (nSPS) is 17.2. The quantitative estimate of drug-likeness (QED) is 0.438. The molecule has 1 aliphatic carbocycles. The Balaban J connectivity index is 2.02. The maximum atomic E-state index is 14.8. The molecule has 2 amide bonds. The molecule has 0 radical (unpaired) electrons. The Morgan fingerprint density at radius 3 is 2.05 bits per heavy atom. The van der Waals surface area contributed by atoms with Gasteiger partial charge in [-0.3, -0.25) is 9.59 Å². The average Bonchev–Trinajstić information content (AvgIpc) is 3.61. The van der Waals surface area contributed by atoms with Gasteiger partial charge < -0.3 is 16.4 Å². The maximum absolute atomic E-state index is 14.8. The van der Waals surface area contributed by atoms with E-state index in [9.17, 15) is 36.8 Å². The number of nitrogens with zero attached hydrogens (tertiary/aromatic N) is 2. The van der Waals surface area contributed by atoms with Crippen molar-refractivity contribution in [1.29, 1.82) is 5.26 Å². The molecule has 0 aliphatic heterocycles. The van der Waals surface area contributed by atoms with Gasteiger partial charge in [-0.1, -0.05) is 36.4 Å². The molecule has 6 nitrogen and oxygen atoms in total. The molecule has 1 aliphatic rings. The molecule has 0 heterocycles. The van der Waals surface area contributed by atoms with Gasteiger partial charge in [0.05, 0.1) is 18.0 Å². The summed E-state index contributed by atoms with van der Waals surface area (Å²) >= 11 is 0. The minimum absolute atomic E-state index is 0.0208. The van der Waals surface area contributed by atoms with Crippen molar-refractivity contribution >= 4 is 11.8 Å². The van der Waals surface area contributed by atoms with Crippen molar-refractivity contribution in [2.24, 2.45) is 11.5 Å². The summed E-state index contributed by atoms with van der Waals surface area (Å²) in [7, 11) is 0. The van der Waals surface area contributed by atoms with Crippen LogP contribution in [0.15, 0.2) is 42.5 Å². The lowest BCUT2D eigenvalue weighted by Gasteiger charge is -2.38. The molecule has 0 saturated heterocycles. The van der Waals surface area contributed by atoms with Crippen LogP contribution < -0.4 is 11.5 Å². The van der Waals surface area contributed by atoms with Crippen molar-refractivity contribution in [2.45, 2.75) is 75.4 Å². The van der Waals surface area contributed by atoms with E-state index in [0.29, 0.717) is 10.5 Å². The number of nitrogens with two attached hydrogens (primary N) is 2. The molecule has 0 aromatic heterocycles. The van der Waals surface area contributed by atoms with Crippen LogP contribution in [0.25, 0.3) is 11.1 Å². The number of rotatable bonds is 9. The second kappa shape index (κ2) is 10.3. The molecule has 3 rings (SSSR count). The predicted octanol–water partition coefficient (Wildman–Crippen LogP) is 5.04. The highest BCUT2D eigenvalue weighted by atomic mass is 19.4. The predicted molar refractivity (Wildman–Crippen MR) is 130 cm³/mol. The van der Waals surface area contributed by atoms with Crippen LogP contribution in [0, 0.1) is 17.1 Å². The van der Waals surface area contributed by atoms with E-state index in [1.807, 2.05) is 6.07 Å². The zero-order chi connectivity index (χ0) is 28.6. The first-order chi connectivity index (χ1) is 17.5. The first-order valence-electron chi connectivity index (χ1n) is 12.0. The number of hydrogen-bond acceptors (Lipinski definition) is 4. The number of alkyl halides is 4. The average molecular weight is 537 g/mol. The minimum atomic E-state index is -4.99. The molecule has 4 N–H and O–H groups in total. The van der Waals surface area contributed by atoms with Crippen molar-refractivity contribution in [2.75, 3.05) is 0 Å². The Morgan fingerprint density at radius 1 is 1.08 bits per heavy atom. The molecule has 1 fully saturated rings. The second-order valence-corrected chi connectivity index (χ2v) is 10.3. The van der Waals surface area contributed by atoms with Crippen LogP contribution in [0.5, 0.6) is 0 Å². The minimum Gasteiger partial charge on any atom is -0.369 e. The summed E-state index contributed by atoms with van der Waals surface area (Å²) in [6.07, 6.45) is -5.48. The molecule has 0 spiro atoms. The van der Waals surface area contributed by atoms with Crippen molar-refractivity contribution in [1.82, 2.24) is 4.90 Å². The summed E-state index contributed by atoms with van der Waals surface area (Å²) in [4.78, 5) is 25.0. The number of primary amides is 1. The Morgan fingerprint density at radius 2 is 1.63 bits per heavy atom. The van der Waals surface area contributed by atoms with E-state index in [0.717, 1.165) is 32.0 Å². The third kappa shape index (κ3) is 6.13. The molecular formula is C27H29F5N4O2. The molecule has 11 heteroatoms. The lowest BCUT2D eigenvalue weighted by Crippen LogP contribution is -2.55. The first-order valence-corrected chi connectivity index (χ1v) is 12.0. The van der Waals surface area contributed by atoms with Crippen LogP contribution in [0.1, 0.15) is 63.1 Å². The Bertz CT molecular complexity index is 1240. The van der Waals surface area contributed by atoms with E-state index in [2.05, 4.69) is 0 Å². The highest BCUT2D eigenvalue weighted by molar-refractivity contribution is 5.84. The van der Waals surface area contributed by atoms with Crippen LogP contribution in [-0.4, -0.2) is 40.1 Å². The van der Waals surface area contributed by atoms with Gasteiger partial charge in [0.2, 0.25) is 11.8 Å². The summed E-state index contributed by atoms with van der Waals surface area (Å²) in [5.41, 5.74) is 7.77. The number of carbonyl (C=O) groups is 2. The van der Waals surface area contributed by atoms with E-state index in [1.165, 1.54) is 31.2 Å². The molecule has 2 aromatic carbocycles. The SMILES string of the molecule is C[C@@H](C(N)=O)c1ccc(-c2ccc(C(N(C(=O)[C@@H](N)CC(C)(C)F)C3(C#N)CC3)C(F)(F)F)cc2)c(F)c1. The molecular weight excluding hydrogens is 507 g/mol.